The summed E-state index contributed by atoms with van der Waals surface area (Å²) in [7, 11) is 3.27. The summed E-state index contributed by atoms with van der Waals surface area (Å²) in [4.78, 5) is 0. The van der Waals surface area contributed by atoms with Gasteiger partial charge >= 0.3 is 0 Å². The van der Waals surface area contributed by atoms with E-state index in [1.807, 2.05) is 85.1 Å². The molecular weight excluding hydrogens is 462 g/mol. The zero-order valence-electron chi connectivity index (χ0n) is 20.3. The maximum Gasteiger partial charge on any atom is 0.196 e. The Morgan fingerprint density at radius 2 is 1.69 bits per heavy atom. The molecule has 1 aromatic heterocycles. The van der Waals surface area contributed by atoms with Gasteiger partial charge in [-0.15, -0.1) is 10.2 Å². The van der Waals surface area contributed by atoms with Gasteiger partial charge in [0.25, 0.3) is 0 Å². The lowest BCUT2D eigenvalue weighted by Crippen LogP contribution is -2.20. The van der Waals surface area contributed by atoms with Crippen molar-refractivity contribution in [1.29, 1.82) is 0 Å². The van der Waals surface area contributed by atoms with E-state index in [9.17, 15) is 5.11 Å². The minimum absolute atomic E-state index is 0.188. The molecule has 0 fully saturated rings. The van der Waals surface area contributed by atoms with Crippen LogP contribution in [0.3, 0.4) is 0 Å². The van der Waals surface area contributed by atoms with Crippen LogP contribution in [-0.2, 0) is 0 Å². The number of aryl methyl sites for hydroxylation is 2. The molecule has 4 aromatic rings. The van der Waals surface area contributed by atoms with Gasteiger partial charge in [0.1, 0.15) is 23.9 Å². The lowest BCUT2D eigenvalue weighted by Gasteiger charge is -2.15. The zero-order valence-corrected chi connectivity index (χ0v) is 21.1. The number of aromatic nitrogens is 3. The van der Waals surface area contributed by atoms with Crippen LogP contribution in [0.25, 0.3) is 17.1 Å². The molecule has 0 aliphatic heterocycles. The highest BCUT2D eigenvalue weighted by atomic mass is 32.2. The van der Waals surface area contributed by atoms with Crippen LogP contribution in [0.2, 0.25) is 0 Å². The summed E-state index contributed by atoms with van der Waals surface area (Å²) in [5.41, 5.74) is 3.85. The number of aliphatic hydroxyl groups is 1. The monoisotopic (exact) mass is 491 g/mol. The highest BCUT2D eigenvalue weighted by Gasteiger charge is 2.20. The smallest absolute Gasteiger partial charge is 0.196 e. The fourth-order valence-electron chi connectivity index (χ4n) is 3.60. The number of ether oxygens (including phenoxy) is 3. The summed E-state index contributed by atoms with van der Waals surface area (Å²) in [6.45, 7) is 4.20. The third-order valence-electron chi connectivity index (χ3n) is 5.49. The molecule has 0 radical (unpaired) electrons. The second-order valence-corrected chi connectivity index (χ2v) is 9.07. The Bertz CT molecular complexity index is 1270. The molecule has 7 nitrogen and oxygen atoms in total. The van der Waals surface area contributed by atoms with E-state index in [2.05, 4.69) is 10.2 Å². The third-order valence-corrected chi connectivity index (χ3v) is 6.57. The van der Waals surface area contributed by atoms with Crippen LogP contribution in [0.5, 0.6) is 17.2 Å². The number of hydrogen-bond acceptors (Lipinski definition) is 7. The summed E-state index contributed by atoms with van der Waals surface area (Å²) in [6.07, 6.45) is -0.685. The molecule has 182 valence electrons. The van der Waals surface area contributed by atoms with Gasteiger partial charge in [0.15, 0.2) is 11.0 Å². The van der Waals surface area contributed by atoms with Crippen molar-refractivity contribution in [3.63, 3.8) is 0 Å². The Morgan fingerprint density at radius 1 is 0.914 bits per heavy atom. The van der Waals surface area contributed by atoms with Crippen LogP contribution in [0.1, 0.15) is 11.1 Å². The van der Waals surface area contributed by atoms with Gasteiger partial charge in [0, 0.05) is 5.75 Å². The van der Waals surface area contributed by atoms with Gasteiger partial charge in [0.05, 0.1) is 31.6 Å². The lowest BCUT2D eigenvalue weighted by molar-refractivity contribution is 0.126. The van der Waals surface area contributed by atoms with Crippen molar-refractivity contribution in [3.8, 4) is 34.3 Å². The summed E-state index contributed by atoms with van der Waals surface area (Å²) in [6, 6.07) is 21.4. The third kappa shape index (κ3) is 5.78. The largest absolute Gasteiger partial charge is 0.497 e. The number of para-hydroxylation sites is 1. The maximum absolute atomic E-state index is 10.6. The Kier molecular flexibility index (Phi) is 7.94. The molecule has 0 spiro atoms. The molecule has 0 saturated carbocycles. The molecule has 8 heteroatoms. The van der Waals surface area contributed by atoms with Crippen molar-refractivity contribution in [2.45, 2.75) is 25.1 Å². The molecule has 0 amide bonds. The van der Waals surface area contributed by atoms with Crippen LogP contribution >= 0.6 is 11.8 Å². The minimum atomic E-state index is -0.685. The van der Waals surface area contributed by atoms with Gasteiger partial charge in [-0.2, -0.15) is 0 Å². The van der Waals surface area contributed by atoms with Crippen LogP contribution in [-0.4, -0.2) is 52.6 Å². The van der Waals surface area contributed by atoms with Gasteiger partial charge in [-0.05, 0) is 67.4 Å². The molecule has 1 atom stereocenters. The van der Waals surface area contributed by atoms with Crippen molar-refractivity contribution in [2.75, 3.05) is 26.6 Å². The molecule has 0 aliphatic rings. The van der Waals surface area contributed by atoms with Crippen molar-refractivity contribution >= 4 is 11.8 Å². The first-order valence-electron chi connectivity index (χ1n) is 11.2. The predicted molar refractivity (Wildman–Crippen MR) is 138 cm³/mol. The Morgan fingerprint density at radius 3 is 2.43 bits per heavy atom. The predicted octanol–water partition coefficient (Wildman–Crippen LogP) is 5.10. The number of thioether (sulfide) groups is 1. The first-order chi connectivity index (χ1) is 17.0. The number of benzene rings is 3. The van der Waals surface area contributed by atoms with Gasteiger partial charge < -0.3 is 19.3 Å². The summed E-state index contributed by atoms with van der Waals surface area (Å²) < 4.78 is 18.7. The molecule has 4 rings (SSSR count). The summed E-state index contributed by atoms with van der Waals surface area (Å²) >= 11 is 1.42. The highest BCUT2D eigenvalue weighted by Crippen LogP contribution is 2.34. The molecular formula is C27H29N3O4S. The van der Waals surface area contributed by atoms with E-state index >= 15 is 0 Å². The van der Waals surface area contributed by atoms with Gasteiger partial charge in [-0.25, -0.2) is 0 Å². The molecule has 0 bridgehead atoms. The minimum Gasteiger partial charge on any atom is -0.497 e. The van der Waals surface area contributed by atoms with Crippen molar-refractivity contribution < 1.29 is 19.3 Å². The maximum atomic E-state index is 10.6. The summed E-state index contributed by atoms with van der Waals surface area (Å²) in [5, 5.41) is 20.2. The average molecular weight is 492 g/mol. The summed E-state index contributed by atoms with van der Waals surface area (Å²) in [5.74, 6) is 3.29. The van der Waals surface area contributed by atoms with E-state index in [-0.39, 0.29) is 6.61 Å². The second-order valence-electron chi connectivity index (χ2n) is 8.08. The first kappa shape index (κ1) is 24.6. The van der Waals surface area contributed by atoms with Gasteiger partial charge in [-0.1, -0.05) is 36.0 Å². The van der Waals surface area contributed by atoms with Gasteiger partial charge in [-0.3, -0.25) is 4.57 Å². The van der Waals surface area contributed by atoms with Crippen molar-refractivity contribution in [3.05, 3.63) is 77.9 Å². The van der Waals surface area contributed by atoms with Crippen LogP contribution < -0.4 is 14.2 Å². The Balaban J connectivity index is 1.57. The number of aliphatic hydroxyl groups excluding tert-OH is 1. The standard InChI is InChI=1S/C27H29N3O4S/c1-18-9-10-19(2)25(15-18)34-16-21(31)17-35-27-29-28-26(23-7-5-6-8-24(23)33-4)30(27)20-11-13-22(32-3)14-12-20/h5-15,21,31H,16-17H2,1-4H3/t21-/m1/s1. The molecule has 0 saturated heterocycles. The number of methoxy groups -OCH3 is 2. The van der Waals surface area contributed by atoms with E-state index in [0.717, 1.165) is 33.9 Å². The van der Waals surface area contributed by atoms with E-state index in [4.69, 9.17) is 14.2 Å². The molecule has 0 unspecified atom stereocenters. The molecule has 0 aliphatic carbocycles. The molecule has 1 N–H and O–H groups in total. The van der Waals surface area contributed by atoms with E-state index in [0.29, 0.717) is 22.5 Å². The topological polar surface area (TPSA) is 78.6 Å². The molecule has 35 heavy (non-hydrogen) atoms. The SMILES string of the molecule is COc1ccc(-n2c(SC[C@H](O)COc3cc(C)ccc3C)nnc2-c2ccccc2OC)cc1. The lowest BCUT2D eigenvalue weighted by atomic mass is 10.1. The molecule has 1 heterocycles. The fraction of sp³-hybridized carbons (Fsp3) is 0.259. The van der Waals surface area contributed by atoms with Crippen LogP contribution in [0, 0.1) is 13.8 Å². The molecule has 3 aromatic carbocycles. The van der Waals surface area contributed by atoms with Crippen molar-refractivity contribution in [2.24, 2.45) is 0 Å². The van der Waals surface area contributed by atoms with E-state index < -0.39 is 6.10 Å². The number of hydrogen-bond donors (Lipinski definition) is 1. The Labute approximate surface area is 209 Å². The highest BCUT2D eigenvalue weighted by molar-refractivity contribution is 7.99. The second kappa shape index (κ2) is 11.3. The van der Waals surface area contributed by atoms with Crippen molar-refractivity contribution in [1.82, 2.24) is 14.8 Å². The van der Waals surface area contributed by atoms with Gasteiger partial charge in [0.2, 0.25) is 0 Å². The fourth-order valence-corrected chi connectivity index (χ4v) is 4.46. The van der Waals surface area contributed by atoms with Crippen LogP contribution in [0.15, 0.2) is 71.9 Å². The normalized spacial score (nSPS) is 11.8. The first-order valence-corrected chi connectivity index (χ1v) is 12.2. The van der Waals surface area contributed by atoms with Crippen LogP contribution in [0.4, 0.5) is 0 Å². The zero-order chi connectivity index (χ0) is 24.8. The average Bonchev–Trinajstić information content (AvgIpc) is 3.31. The van der Waals surface area contributed by atoms with E-state index in [1.54, 1.807) is 14.2 Å². The number of nitrogens with zero attached hydrogens (tertiary/aromatic N) is 3. The Hall–Kier alpha value is -3.49. The number of rotatable bonds is 10. The quantitative estimate of drug-likeness (QED) is 0.309. The van der Waals surface area contributed by atoms with E-state index in [1.165, 1.54) is 11.8 Å².